The summed E-state index contributed by atoms with van der Waals surface area (Å²) in [5.74, 6) is -8.36. The Morgan fingerprint density at radius 3 is 1.37 bits per heavy atom. The number of carbonyl (C=O) groups is 10. The summed E-state index contributed by atoms with van der Waals surface area (Å²) in [5, 5.41) is 52.1. The quantitative estimate of drug-likeness (QED) is 0.0186. The van der Waals surface area contributed by atoms with Crippen molar-refractivity contribution in [3.8, 4) is 0 Å². The summed E-state index contributed by atoms with van der Waals surface area (Å²) < 4.78 is 10.9. The molecular weight excluding hydrogens is 933 g/mol. The number of rotatable bonds is 24. The van der Waals surface area contributed by atoms with Crippen molar-refractivity contribution in [2.24, 2.45) is 5.11 Å². The number of aliphatic carboxylic acids is 4. The predicted molar refractivity (Wildman–Crippen MR) is 251 cm³/mol. The number of carboxylic acid groups (broad SMARTS) is 4. The van der Waals surface area contributed by atoms with Gasteiger partial charge in [0.15, 0.2) is 5.78 Å². The number of hydrogen-bond donors (Lipinski definition) is 9. The molecule has 0 saturated heterocycles. The van der Waals surface area contributed by atoms with Gasteiger partial charge in [0.1, 0.15) is 35.4 Å². The molecule has 3 rings (SSSR count). The monoisotopic (exact) mass is 988 g/mol. The second-order valence-electron chi connectivity index (χ2n) is 18.0. The summed E-state index contributed by atoms with van der Waals surface area (Å²) in [6, 6.07) is 8.36. The Morgan fingerprint density at radius 1 is 0.577 bits per heavy atom. The van der Waals surface area contributed by atoms with Crippen LogP contribution in [-0.4, -0.2) is 115 Å². The zero-order chi connectivity index (χ0) is 53.2. The standard InChI is InChI=1S/C47H56N8O16/c1-46(2,3)70-42(66)34(52-44(68)50-32(40(62)63)15-17-37(57)58)19-25-7-9-27(10-8-25)21-36(56)28-22-29(24-31(23-28)54-55-48)39(61)49-30-13-11-26(12-14-30)20-35(43(67)71-47(4,5)6)53-45(69)51-33(41(64)65)16-18-38(59)60/h7-14,22-24,32-35H,15-21H2,1-6H3,(H,49,61)(H,57,58)(H,59,60)(H,62,63)(H,64,65)(H2,50,52,68)(H2,51,53,69)/t32-,33-,34-,35-/m0/s1. The van der Waals surface area contributed by atoms with Gasteiger partial charge in [-0.25, -0.2) is 28.8 Å². The van der Waals surface area contributed by atoms with Crippen molar-refractivity contribution in [1.29, 1.82) is 0 Å². The first-order valence-electron chi connectivity index (χ1n) is 21.8. The van der Waals surface area contributed by atoms with E-state index in [4.69, 9.17) is 19.7 Å². The van der Waals surface area contributed by atoms with Gasteiger partial charge in [0, 0.05) is 59.5 Å². The maximum Gasteiger partial charge on any atom is 0.329 e. The molecule has 380 valence electrons. The minimum Gasteiger partial charge on any atom is -0.481 e. The van der Waals surface area contributed by atoms with Crippen molar-refractivity contribution < 1.29 is 77.8 Å². The van der Waals surface area contributed by atoms with Gasteiger partial charge in [-0.2, -0.15) is 0 Å². The van der Waals surface area contributed by atoms with Gasteiger partial charge in [-0.3, -0.25) is 19.2 Å². The number of carbonyl (C=O) groups excluding carboxylic acids is 6. The van der Waals surface area contributed by atoms with Crippen LogP contribution in [0.1, 0.15) is 105 Å². The van der Waals surface area contributed by atoms with Crippen LogP contribution in [0.15, 0.2) is 71.8 Å². The third-order valence-corrected chi connectivity index (χ3v) is 9.64. The largest absolute Gasteiger partial charge is 0.481 e. The lowest BCUT2D eigenvalue weighted by Gasteiger charge is -2.25. The molecule has 0 aliphatic carbocycles. The van der Waals surface area contributed by atoms with Crippen LogP contribution in [0.3, 0.4) is 0 Å². The molecule has 0 aliphatic heterocycles. The van der Waals surface area contributed by atoms with Gasteiger partial charge in [-0.05, 0) is 107 Å². The van der Waals surface area contributed by atoms with Gasteiger partial charge in [0.05, 0.1) is 0 Å². The van der Waals surface area contributed by atoms with E-state index in [1.54, 1.807) is 65.8 Å². The molecule has 0 spiro atoms. The van der Waals surface area contributed by atoms with E-state index in [0.717, 1.165) is 0 Å². The van der Waals surface area contributed by atoms with Gasteiger partial charge in [0.25, 0.3) is 5.91 Å². The second-order valence-corrected chi connectivity index (χ2v) is 18.0. The maximum absolute atomic E-state index is 13.6. The Balaban J connectivity index is 1.76. The number of nitrogens with one attached hydrogen (secondary N) is 5. The summed E-state index contributed by atoms with van der Waals surface area (Å²) in [4.78, 5) is 127. The number of ether oxygens (including phenoxy) is 2. The van der Waals surface area contributed by atoms with Crippen LogP contribution >= 0.6 is 0 Å². The van der Waals surface area contributed by atoms with Crippen molar-refractivity contribution >= 4 is 70.9 Å². The number of amides is 5. The number of esters is 2. The topological polar surface area (TPSA) is 379 Å². The molecule has 0 fully saturated rings. The van der Waals surface area contributed by atoms with E-state index in [-0.39, 0.29) is 41.8 Å². The summed E-state index contributed by atoms with van der Waals surface area (Å²) in [6.07, 6.45) is -2.37. The minimum atomic E-state index is -1.56. The molecule has 3 aromatic carbocycles. The molecule has 24 nitrogen and oxygen atoms in total. The highest BCUT2D eigenvalue weighted by Gasteiger charge is 2.31. The highest BCUT2D eigenvalue weighted by molar-refractivity contribution is 6.07. The number of carboxylic acids is 4. The molecule has 24 heteroatoms. The Bertz CT molecular complexity index is 2370. The van der Waals surface area contributed by atoms with Crippen LogP contribution in [0.25, 0.3) is 10.4 Å². The Labute approximate surface area is 406 Å². The molecule has 4 atom stereocenters. The van der Waals surface area contributed by atoms with Crippen LogP contribution in [0, 0.1) is 0 Å². The molecule has 0 heterocycles. The maximum atomic E-state index is 13.6. The van der Waals surface area contributed by atoms with Gasteiger partial charge in [-0.15, -0.1) is 0 Å². The molecule has 0 bridgehead atoms. The van der Waals surface area contributed by atoms with Crippen molar-refractivity contribution in [2.45, 2.75) is 122 Å². The Morgan fingerprint density at radius 2 is 0.972 bits per heavy atom. The van der Waals surface area contributed by atoms with Gasteiger partial charge >= 0.3 is 47.9 Å². The lowest BCUT2D eigenvalue weighted by molar-refractivity contribution is -0.158. The van der Waals surface area contributed by atoms with Crippen LogP contribution in [0.2, 0.25) is 0 Å². The molecule has 0 aliphatic rings. The van der Waals surface area contributed by atoms with Gasteiger partial charge < -0.3 is 56.5 Å². The lowest BCUT2D eigenvalue weighted by atomic mass is 9.98. The summed E-state index contributed by atoms with van der Waals surface area (Å²) in [5.41, 5.74) is 8.89. The Hall–Kier alpha value is -8.53. The molecule has 0 radical (unpaired) electrons. The molecule has 5 amide bonds. The van der Waals surface area contributed by atoms with Crippen molar-refractivity contribution in [1.82, 2.24) is 21.3 Å². The van der Waals surface area contributed by atoms with E-state index >= 15 is 0 Å². The zero-order valence-electron chi connectivity index (χ0n) is 39.6. The number of urea groups is 2. The fraction of sp³-hybridized carbons (Fsp3) is 0.404. The average molecular weight is 989 g/mol. The van der Waals surface area contributed by atoms with E-state index in [2.05, 4.69) is 36.6 Å². The van der Waals surface area contributed by atoms with Crippen LogP contribution in [-0.2, 0) is 57.5 Å². The Kier molecular flexibility index (Phi) is 20.6. The van der Waals surface area contributed by atoms with Crippen LogP contribution in [0.5, 0.6) is 0 Å². The zero-order valence-corrected chi connectivity index (χ0v) is 39.6. The van der Waals surface area contributed by atoms with Crippen LogP contribution < -0.4 is 26.6 Å². The molecule has 0 aromatic heterocycles. The highest BCUT2D eigenvalue weighted by Crippen LogP contribution is 2.23. The molecular formula is C47H56N8O16. The second kappa shape index (κ2) is 25.7. The fourth-order valence-corrected chi connectivity index (χ4v) is 6.39. The number of ketones is 1. The first kappa shape index (κ1) is 56.8. The number of nitrogens with zero attached hydrogens (tertiary/aromatic N) is 3. The fourth-order valence-electron chi connectivity index (χ4n) is 6.39. The van der Waals surface area contributed by atoms with Crippen molar-refractivity contribution in [3.63, 3.8) is 0 Å². The van der Waals surface area contributed by atoms with Gasteiger partial charge in [-0.1, -0.05) is 41.5 Å². The normalized spacial score (nSPS) is 12.8. The number of hydrogen-bond acceptors (Lipinski definition) is 13. The number of azide groups is 1. The van der Waals surface area contributed by atoms with E-state index in [9.17, 15) is 63.7 Å². The average Bonchev–Trinajstić information content (AvgIpc) is 3.25. The summed E-state index contributed by atoms with van der Waals surface area (Å²) in [7, 11) is 0. The first-order chi connectivity index (χ1) is 33.1. The summed E-state index contributed by atoms with van der Waals surface area (Å²) >= 11 is 0. The SMILES string of the molecule is CC(C)(C)OC(=O)[C@H](Cc1ccc(CC(=O)c2cc(N=[N+]=[N-])cc(C(=O)Nc3ccc(C[C@H](NC(=O)N[C@@H](CCC(=O)O)C(=O)O)C(=O)OC(C)(C)C)cc3)c2)cc1)NC(=O)N[C@@H](CCC(=O)O)C(=O)O. The van der Waals surface area contributed by atoms with E-state index in [0.29, 0.717) is 16.7 Å². The van der Waals surface area contributed by atoms with Crippen molar-refractivity contribution in [3.05, 3.63) is 105 Å². The van der Waals surface area contributed by atoms with E-state index < -0.39 is 121 Å². The van der Waals surface area contributed by atoms with Crippen LogP contribution in [0.4, 0.5) is 21.0 Å². The lowest BCUT2D eigenvalue weighted by Crippen LogP contribution is -2.52. The molecule has 71 heavy (non-hydrogen) atoms. The van der Waals surface area contributed by atoms with E-state index in [1.807, 2.05) is 0 Å². The number of anilines is 1. The molecule has 0 saturated carbocycles. The minimum absolute atomic E-state index is 0.0176. The third-order valence-electron chi connectivity index (χ3n) is 9.64. The van der Waals surface area contributed by atoms with E-state index in [1.165, 1.54) is 42.5 Å². The predicted octanol–water partition coefficient (Wildman–Crippen LogP) is 5.05. The first-order valence-corrected chi connectivity index (χ1v) is 21.8. The molecule has 9 N–H and O–H groups in total. The summed E-state index contributed by atoms with van der Waals surface area (Å²) in [6.45, 7) is 9.64. The highest BCUT2D eigenvalue weighted by atomic mass is 16.6. The van der Waals surface area contributed by atoms with Crippen molar-refractivity contribution in [2.75, 3.05) is 5.32 Å². The number of Topliss-reactive ketones (excluding diaryl/α,β-unsaturated/α-hetero) is 1. The smallest absolute Gasteiger partial charge is 0.329 e. The molecule has 3 aromatic rings. The van der Waals surface area contributed by atoms with Gasteiger partial charge in [0.2, 0.25) is 0 Å². The number of benzene rings is 3. The third kappa shape index (κ3) is 20.7. The molecule has 0 unspecified atom stereocenters.